The van der Waals surface area contributed by atoms with Crippen molar-refractivity contribution in [3.63, 3.8) is 0 Å². The highest BCUT2D eigenvalue weighted by Crippen LogP contribution is 2.43. The molecule has 0 fully saturated rings. The quantitative estimate of drug-likeness (QED) is 0.626. The van der Waals surface area contributed by atoms with Gasteiger partial charge in [-0.25, -0.2) is 9.78 Å². The van der Waals surface area contributed by atoms with Crippen LogP contribution >= 0.6 is 0 Å². The van der Waals surface area contributed by atoms with Gasteiger partial charge < -0.3 is 13.9 Å². The van der Waals surface area contributed by atoms with Crippen molar-refractivity contribution in [2.75, 3.05) is 7.11 Å². The molecule has 7 nitrogen and oxygen atoms in total. The molecule has 29 heavy (non-hydrogen) atoms. The lowest BCUT2D eigenvalue weighted by Crippen LogP contribution is -2.32. The smallest absolute Gasteiger partial charge is 0.339 e. The summed E-state index contributed by atoms with van der Waals surface area (Å²) < 4.78 is 18.9. The summed E-state index contributed by atoms with van der Waals surface area (Å²) in [5.74, 6) is 1.16. The summed E-state index contributed by atoms with van der Waals surface area (Å²) >= 11 is 0. The minimum Gasteiger partial charge on any atom is -0.496 e. The van der Waals surface area contributed by atoms with Gasteiger partial charge >= 0.3 is 5.63 Å². The van der Waals surface area contributed by atoms with E-state index < -0.39 is 5.63 Å². The number of aromatic nitrogens is 2. The van der Waals surface area contributed by atoms with Crippen LogP contribution in [0.3, 0.4) is 0 Å². The van der Waals surface area contributed by atoms with Crippen molar-refractivity contribution in [3.8, 4) is 11.5 Å². The fourth-order valence-electron chi connectivity index (χ4n) is 3.90. The van der Waals surface area contributed by atoms with Gasteiger partial charge in [-0.1, -0.05) is 0 Å². The number of imidazole rings is 1. The van der Waals surface area contributed by atoms with E-state index in [0.29, 0.717) is 22.6 Å². The second kappa shape index (κ2) is 7.06. The largest absolute Gasteiger partial charge is 0.496 e. The molecular weight excluding hydrogens is 372 g/mol. The second-order valence-corrected chi connectivity index (χ2v) is 7.98. The van der Waals surface area contributed by atoms with E-state index in [0.717, 1.165) is 29.4 Å². The molecule has 0 unspecified atom stereocenters. The minimum atomic E-state index is -0.422. The molecule has 3 heterocycles. The molecule has 0 saturated carbocycles. The van der Waals surface area contributed by atoms with Gasteiger partial charge in [-0.05, 0) is 45.6 Å². The van der Waals surface area contributed by atoms with Crippen LogP contribution in [0.1, 0.15) is 48.2 Å². The van der Waals surface area contributed by atoms with Gasteiger partial charge in [0.05, 0.1) is 12.5 Å². The van der Waals surface area contributed by atoms with Gasteiger partial charge in [-0.3, -0.25) is 9.36 Å². The van der Waals surface area contributed by atoms with E-state index in [-0.39, 0.29) is 24.3 Å². The van der Waals surface area contributed by atoms with Crippen LogP contribution in [-0.2, 0) is 12.8 Å². The number of hydrogen-bond donors (Lipinski definition) is 0. The number of aryl methyl sites for hydroxylation is 2. The molecule has 1 aliphatic rings. The van der Waals surface area contributed by atoms with E-state index in [9.17, 15) is 9.59 Å². The molecule has 0 radical (unpaired) electrons. The zero-order valence-corrected chi connectivity index (χ0v) is 17.1. The normalized spacial score (nSPS) is 15.0. The first-order valence-corrected chi connectivity index (χ1v) is 9.67. The zero-order chi connectivity index (χ0) is 20.8. The van der Waals surface area contributed by atoms with E-state index >= 15 is 0 Å². The molecule has 1 aliphatic heterocycles. The average Bonchev–Trinajstić information content (AvgIpc) is 3.20. The Kier molecular flexibility index (Phi) is 4.68. The van der Waals surface area contributed by atoms with Crippen LogP contribution in [0.5, 0.6) is 11.5 Å². The van der Waals surface area contributed by atoms with Crippen LogP contribution in [0.25, 0.3) is 11.0 Å². The Morgan fingerprint density at radius 3 is 2.86 bits per heavy atom. The number of nitrogens with zero attached hydrogens (tertiary/aromatic N) is 2. The maximum Gasteiger partial charge on any atom is 0.339 e. The summed E-state index contributed by atoms with van der Waals surface area (Å²) in [6, 6.07) is 1.87. The average molecular weight is 396 g/mol. The van der Waals surface area contributed by atoms with Crippen LogP contribution in [0.2, 0.25) is 0 Å². The number of carbonyl (C=O) groups is 1. The molecule has 1 aromatic carbocycles. The molecule has 0 saturated heterocycles. The summed E-state index contributed by atoms with van der Waals surface area (Å²) in [4.78, 5) is 29.0. The molecule has 0 atom stereocenters. The molecule has 3 aromatic rings. The fraction of sp³-hybridized carbons (Fsp3) is 0.409. The SMILES string of the molecule is COc1cc2c(c3oc(=O)c(CCC(=O)n4ccnc4)c(C)c13)CCC(C)(C)O2. The molecular formula is C22H24N2O5. The second-order valence-electron chi connectivity index (χ2n) is 7.98. The van der Waals surface area contributed by atoms with Crippen LogP contribution in [-0.4, -0.2) is 28.2 Å². The van der Waals surface area contributed by atoms with Gasteiger partial charge in [0.15, 0.2) is 0 Å². The van der Waals surface area contributed by atoms with Crippen LogP contribution in [0, 0.1) is 6.92 Å². The van der Waals surface area contributed by atoms with Crippen molar-refractivity contribution in [3.05, 3.63) is 51.9 Å². The first kappa shape index (κ1) is 19.2. The Balaban J connectivity index is 1.78. The maximum atomic E-state index is 12.8. The highest BCUT2D eigenvalue weighted by molar-refractivity contribution is 5.92. The third-order valence-corrected chi connectivity index (χ3v) is 5.54. The number of methoxy groups -OCH3 is 1. The first-order chi connectivity index (χ1) is 13.8. The van der Waals surface area contributed by atoms with Crippen LogP contribution < -0.4 is 15.1 Å². The predicted molar refractivity (Wildman–Crippen MR) is 108 cm³/mol. The molecule has 2 aromatic heterocycles. The predicted octanol–water partition coefficient (Wildman–Crippen LogP) is 3.68. The lowest BCUT2D eigenvalue weighted by atomic mass is 9.91. The first-order valence-electron chi connectivity index (χ1n) is 9.67. The number of hydrogen-bond acceptors (Lipinski definition) is 6. The third kappa shape index (κ3) is 3.41. The van der Waals surface area contributed by atoms with E-state index in [1.165, 1.54) is 10.9 Å². The molecule has 0 aliphatic carbocycles. The van der Waals surface area contributed by atoms with E-state index in [1.54, 1.807) is 19.5 Å². The van der Waals surface area contributed by atoms with Gasteiger partial charge in [0, 0.05) is 36.0 Å². The molecule has 7 heteroatoms. The highest BCUT2D eigenvalue weighted by atomic mass is 16.5. The van der Waals surface area contributed by atoms with Crippen molar-refractivity contribution >= 4 is 16.9 Å². The molecule has 0 spiro atoms. The molecule has 152 valence electrons. The van der Waals surface area contributed by atoms with E-state index in [1.807, 2.05) is 26.8 Å². The van der Waals surface area contributed by atoms with Crippen molar-refractivity contribution in [2.45, 2.75) is 52.1 Å². The Labute approximate surface area is 168 Å². The van der Waals surface area contributed by atoms with Gasteiger partial charge in [0.25, 0.3) is 0 Å². The van der Waals surface area contributed by atoms with Crippen molar-refractivity contribution in [2.24, 2.45) is 0 Å². The molecule has 0 bridgehead atoms. The molecule has 4 rings (SSSR count). The maximum absolute atomic E-state index is 12.8. The monoisotopic (exact) mass is 396 g/mol. The Morgan fingerprint density at radius 2 is 2.17 bits per heavy atom. The standard InChI is InChI=1S/C22H24N2O5/c1-13-14(5-6-18(25)24-10-9-23-12-24)21(26)28-20-15-7-8-22(2,3)29-16(15)11-17(27-4)19(13)20/h9-12H,5-8H2,1-4H3. The van der Waals surface area contributed by atoms with Gasteiger partial charge in [-0.15, -0.1) is 0 Å². The Morgan fingerprint density at radius 1 is 1.38 bits per heavy atom. The highest BCUT2D eigenvalue weighted by Gasteiger charge is 2.31. The van der Waals surface area contributed by atoms with Crippen molar-refractivity contribution < 1.29 is 18.7 Å². The lowest BCUT2D eigenvalue weighted by molar-refractivity contribution is 0.0845. The van der Waals surface area contributed by atoms with Gasteiger partial charge in [0.1, 0.15) is 29.0 Å². The number of rotatable bonds is 4. The Hall–Kier alpha value is -3.09. The van der Waals surface area contributed by atoms with E-state index in [2.05, 4.69) is 4.98 Å². The number of benzene rings is 1. The summed E-state index contributed by atoms with van der Waals surface area (Å²) in [7, 11) is 1.59. The summed E-state index contributed by atoms with van der Waals surface area (Å²) in [5, 5.41) is 0.763. The number of fused-ring (bicyclic) bond motifs is 3. The fourth-order valence-corrected chi connectivity index (χ4v) is 3.90. The summed E-state index contributed by atoms with van der Waals surface area (Å²) in [6.45, 7) is 5.95. The zero-order valence-electron chi connectivity index (χ0n) is 17.1. The van der Waals surface area contributed by atoms with E-state index in [4.69, 9.17) is 13.9 Å². The Bertz CT molecular complexity index is 1140. The number of carbonyl (C=O) groups excluding carboxylic acids is 1. The van der Waals surface area contributed by atoms with Gasteiger partial charge in [-0.2, -0.15) is 0 Å². The van der Waals surface area contributed by atoms with Crippen molar-refractivity contribution in [1.29, 1.82) is 0 Å². The van der Waals surface area contributed by atoms with Gasteiger partial charge in [0.2, 0.25) is 5.91 Å². The molecule has 0 amide bonds. The summed E-state index contributed by atoms with van der Waals surface area (Å²) in [5.41, 5.74) is 1.96. The number of ether oxygens (including phenoxy) is 2. The lowest BCUT2D eigenvalue weighted by Gasteiger charge is -2.33. The van der Waals surface area contributed by atoms with Crippen LogP contribution in [0.15, 0.2) is 34.0 Å². The minimum absolute atomic E-state index is 0.130. The third-order valence-electron chi connectivity index (χ3n) is 5.54. The topological polar surface area (TPSA) is 83.6 Å². The van der Waals surface area contributed by atoms with Crippen molar-refractivity contribution in [1.82, 2.24) is 9.55 Å². The molecule has 0 N–H and O–H groups in total. The van der Waals surface area contributed by atoms with Crippen LogP contribution in [0.4, 0.5) is 0 Å². The summed E-state index contributed by atoms with van der Waals surface area (Å²) in [6.07, 6.45) is 6.63.